The summed E-state index contributed by atoms with van der Waals surface area (Å²) in [6.07, 6.45) is 11.5. The molecule has 2 atom stereocenters. The maximum Gasteiger partial charge on any atom is 0.0249 e. The molecule has 0 aliphatic heterocycles. The summed E-state index contributed by atoms with van der Waals surface area (Å²) >= 11 is 0. The first-order valence-electron chi connectivity index (χ1n) is 8.32. The fourth-order valence-electron chi connectivity index (χ4n) is 3.73. The van der Waals surface area contributed by atoms with Crippen molar-refractivity contribution >= 4 is 0 Å². The van der Waals surface area contributed by atoms with Gasteiger partial charge in [0.1, 0.15) is 0 Å². The van der Waals surface area contributed by atoms with Gasteiger partial charge in [0.25, 0.3) is 0 Å². The molecule has 0 saturated heterocycles. The van der Waals surface area contributed by atoms with Gasteiger partial charge in [-0.1, -0.05) is 39.5 Å². The van der Waals surface area contributed by atoms with Crippen molar-refractivity contribution in [2.24, 2.45) is 5.92 Å². The highest BCUT2D eigenvalue weighted by Crippen LogP contribution is 2.30. The Balaban J connectivity index is 1.93. The van der Waals surface area contributed by atoms with Crippen molar-refractivity contribution < 1.29 is 0 Å². The molecule has 2 nitrogen and oxygen atoms in total. The lowest BCUT2D eigenvalue weighted by Gasteiger charge is -2.40. The van der Waals surface area contributed by atoms with Crippen molar-refractivity contribution in [1.29, 1.82) is 0 Å². The molecule has 0 aromatic rings. The molecule has 0 aromatic heterocycles. The molecule has 2 aliphatic rings. The van der Waals surface area contributed by atoms with Gasteiger partial charge in [0.05, 0.1) is 0 Å². The van der Waals surface area contributed by atoms with E-state index in [2.05, 4.69) is 24.1 Å². The van der Waals surface area contributed by atoms with Gasteiger partial charge in [-0.3, -0.25) is 4.90 Å². The molecule has 2 saturated carbocycles. The standard InChI is InChI=1S/C16H32N2/c1-3-17-15-11-6-5-7-12-16(15)18(4-2)13-14-9-8-10-14/h14-17H,3-13H2,1-2H3. The van der Waals surface area contributed by atoms with Crippen molar-refractivity contribution in [1.82, 2.24) is 10.2 Å². The third kappa shape index (κ3) is 3.71. The molecule has 0 radical (unpaired) electrons. The van der Waals surface area contributed by atoms with Gasteiger partial charge in [0.15, 0.2) is 0 Å². The summed E-state index contributed by atoms with van der Waals surface area (Å²) in [5.41, 5.74) is 0. The SMILES string of the molecule is CCNC1CCCCCC1N(CC)CC1CCC1. The Morgan fingerprint density at radius 2 is 1.72 bits per heavy atom. The van der Waals surface area contributed by atoms with Crippen molar-refractivity contribution in [3.05, 3.63) is 0 Å². The second-order valence-corrected chi connectivity index (χ2v) is 6.25. The largest absolute Gasteiger partial charge is 0.313 e. The molecule has 1 N–H and O–H groups in total. The van der Waals surface area contributed by atoms with Crippen LogP contribution in [0.15, 0.2) is 0 Å². The van der Waals surface area contributed by atoms with Crippen LogP contribution in [0.5, 0.6) is 0 Å². The minimum absolute atomic E-state index is 0.748. The Morgan fingerprint density at radius 1 is 0.944 bits per heavy atom. The number of rotatable bonds is 6. The second-order valence-electron chi connectivity index (χ2n) is 6.25. The molecular formula is C16H32N2. The molecule has 0 heterocycles. The van der Waals surface area contributed by atoms with E-state index in [1.165, 1.54) is 64.5 Å². The lowest BCUT2D eigenvalue weighted by atomic mass is 9.84. The van der Waals surface area contributed by atoms with E-state index in [4.69, 9.17) is 0 Å². The summed E-state index contributed by atoms with van der Waals surface area (Å²) in [6.45, 7) is 8.34. The Bertz CT molecular complexity index is 225. The fraction of sp³-hybridized carbons (Fsp3) is 1.00. The maximum atomic E-state index is 3.76. The van der Waals surface area contributed by atoms with E-state index >= 15 is 0 Å². The van der Waals surface area contributed by atoms with E-state index in [9.17, 15) is 0 Å². The first-order valence-corrected chi connectivity index (χ1v) is 8.32. The third-order valence-electron chi connectivity index (χ3n) is 5.04. The van der Waals surface area contributed by atoms with Crippen molar-refractivity contribution in [2.45, 2.75) is 77.3 Å². The highest BCUT2D eigenvalue weighted by molar-refractivity contribution is 4.88. The van der Waals surface area contributed by atoms with Crippen LogP contribution in [0, 0.1) is 5.92 Å². The van der Waals surface area contributed by atoms with Crippen molar-refractivity contribution in [3.8, 4) is 0 Å². The van der Waals surface area contributed by atoms with Gasteiger partial charge < -0.3 is 5.32 Å². The molecule has 0 bridgehead atoms. The van der Waals surface area contributed by atoms with Crippen molar-refractivity contribution in [3.63, 3.8) is 0 Å². The van der Waals surface area contributed by atoms with E-state index in [0.717, 1.165) is 24.5 Å². The summed E-state index contributed by atoms with van der Waals surface area (Å²) in [7, 11) is 0. The molecule has 0 amide bonds. The number of hydrogen-bond donors (Lipinski definition) is 1. The van der Waals surface area contributed by atoms with Gasteiger partial charge in [-0.25, -0.2) is 0 Å². The van der Waals surface area contributed by atoms with E-state index in [0.29, 0.717) is 0 Å². The molecule has 2 rings (SSSR count). The van der Waals surface area contributed by atoms with Crippen LogP contribution < -0.4 is 5.32 Å². The zero-order valence-corrected chi connectivity index (χ0v) is 12.5. The minimum Gasteiger partial charge on any atom is -0.313 e. The molecule has 2 heteroatoms. The van der Waals surface area contributed by atoms with Gasteiger partial charge in [-0.15, -0.1) is 0 Å². The lowest BCUT2D eigenvalue weighted by molar-refractivity contribution is 0.109. The van der Waals surface area contributed by atoms with Crippen LogP contribution in [0.4, 0.5) is 0 Å². The molecule has 2 unspecified atom stereocenters. The smallest absolute Gasteiger partial charge is 0.0249 e. The van der Waals surface area contributed by atoms with E-state index < -0.39 is 0 Å². The molecule has 0 aromatic carbocycles. The van der Waals surface area contributed by atoms with Crippen LogP contribution >= 0.6 is 0 Å². The van der Waals surface area contributed by atoms with Gasteiger partial charge in [-0.2, -0.15) is 0 Å². The monoisotopic (exact) mass is 252 g/mol. The molecule has 18 heavy (non-hydrogen) atoms. The van der Waals surface area contributed by atoms with E-state index in [1.54, 1.807) is 0 Å². The Labute approximate surface area is 114 Å². The van der Waals surface area contributed by atoms with Crippen molar-refractivity contribution in [2.75, 3.05) is 19.6 Å². The molecular weight excluding hydrogens is 220 g/mol. The third-order valence-corrected chi connectivity index (χ3v) is 5.04. The topological polar surface area (TPSA) is 15.3 Å². The molecule has 2 aliphatic carbocycles. The summed E-state index contributed by atoms with van der Waals surface area (Å²) in [4.78, 5) is 2.79. The zero-order valence-electron chi connectivity index (χ0n) is 12.5. The van der Waals surface area contributed by atoms with E-state index in [1.807, 2.05) is 0 Å². The molecule has 2 fully saturated rings. The Hall–Kier alpha value is -0.0800. The molecule has 0 spiro atoms. The average molecular weight is 252 g/mol. The highest BCUT2D eigenvalue weighted by Gasteiger charge is 2.30. The Morgan fingerprint density at radius 3 is 2.33 bits per heavy atom. The number of nitrogens with one attached hydrogen (secondary N) is 1. The maximum absolute atomic E-state index is 3.76. The number of hydrogen-bond acceptors (Lipinski definition) is 2. The Kier molecular flexibility index (Phi) is 5.97. The summed E-state index contributed by atoms with van der Waals surface area (Å²) in [5.74, 6) is 1.01. The van der Waals surface area contributed by atoms with Crippen LogP contribution in [0.1, 0.15) is 65.2 Å². The van der Waals surface area contributed by atoms with Crippen LogP contribution in [0.3, 0.4) is 0 Å². The summed E-state index contributed by atoms with van der Waals surface area (Å²) in [5, 5.41) is 3.76. The van der Waals surface area contributed by atoms with Gasteiger partial charge in [0, 0.05) is 18.6 Å². The fourth-order valence-corrected chi connectivity index (χ4v) is 3.73. The van der Waals surface area contributed by atoms with Crippen LogP contribution in [-0.4, -0.2) is 36.6 Å². The first kappa shape index (κ1) is 14.3. The van der Waals surface area contributed by atoms with Crippen LogP contribution in [0.25, 0.3) is 0 Å². The normalized spacial score (nSPS) is 30.2. The second kappa shape index (κ2) is 7.49. The highest BCUT2D eigenvalue weighted by atomic mass is 15.2. The van der Waals surface area contributed by atoms with E-state index in [-0.39, 0.29) is 0 Å². The van der Waals surface area contributed by atoms with Crippen LogP contribution in [0.2, 0.25) is 0 Å². The summed E-state index contributed by atoms with van der Waals surface area (Å²) < 4.78 is 0. The predicted molar refractivity (Wildman–Crippen MR) is 78.9 cm³/mol. The molecule has 106 valence electrons. The number of likely N-dealkylation sites (N-methyl/N-ethyl adjacent to an activating group) is 2. The van der Waals surface area contributed by atoms with Crippen LogP contribution in [-0.2, 0) is 0 Å². The summed E-state index contributed by atoms with van der Waals surface area (Å²) in [6, 6.07) is 1.55. The average Bonchev–Trinajstić information content (AvgIpc) is 2.55. The number of nitrogens with zero attached hydrogens (tertiary/aromatic N) is 1. The minimum atomic E-state index is 0.748. The van der Waals surface area contributed by atoms with Gasteiger partial charge in [-0.05, 0) is 44.7 Å². The lowest BCUT2D eigenvalue weighted by Crippen LogP contribution is -2.51. The zero-order chi connectivity index (χ0) is 12.8. The van der Waals surface area contributed by atoms with Gasteiger partial charge >= 0.3 is 0 Å². The van der Waals surface area contributed by atoms with Gasteiger partial charge in [0.2, 0.25) is 0 Å². The first-order chi connectivity index (χ1) is 8.85. The quantitative estimate of drug-likeness (QED) is 0.729. The predicted octanol–water partition coefficient (Wildman–Crippen LogP) is 3.42.